The fourth-order valence-electron chi connectivity index (χ4n) is 3.91. The van der Waals surface area contributed by atoms with E-state index in [1.165, 1.54) is 4.31 Å². The van der Waals surface area contributed by atoms with E-state index in [0.717, 1.165) is 11.8 Å². The van der Waals surface area contributed by atoms with E-state index in [9.17, 15) is 18.0 Å². The maximum absolute atomic E-state index is 13.5. The number of nitrogens with one attached hydrogen (secondary N) is 1. The number of carbonyl (C=O) groups is 2. The van der Waals surface area contributed by atoms with Gasteiger partial charge in [-0.2, -0.15) is 0 Å². The Balaban J connectivity index is 2.23. The lowest BCUT2D eigenvalue weighted by Gasteiger charge is -2.33. The molecule has 0 bridgehead atoms. The van der Waals surface area contributed by atoms with Gasteiger partial charge in [-0.3, -0.25) is 13.9 Å². The van der Waals surface area contributed by atoms with Crippen LogP contribution in [0.2, 0.25) is 5.02 Å². The van der Waals surface area contributed by atoms with E-state index < -0.39 is 21.6 Å². The lowest BCUT2D eigenvalue weighted by molar-refractivity contribution is -0.142. The van der Waals surface area contributed by atoms with Gasteiger partial charge in [0, 0.05) is 30.1 Å². The molecule has 0 heterocycles. The molecule has 1 N–H and O–H groups in total. The van der Waals surface area contributed by atoms with Crippen LogP contribution in [0.5, 0.6) is 5.75 Å². The Bertz CT molecular complexity index is 1150. The molecule has 2 aromatic rings. The van der Waals surface area contributed by atoms with Crippen molar-refractivity contribution >= 4 is 39.1 Å². The van der Waals surface area contributed by atoms with Gasteiger partial charge >= 0.3 is 0 Å². The van der Waals surface area contributed by atoms with E-state index in [1.807, 2.05) is 52.0 Å². The maximum atomic E-state index is 13.5. The fraction of sp³-hybridized carbons (Fsp3) is 0.481. The summed E-state index contributed by atoms with van der Waals surface area (Å²) in [7, 11) is -1.99. The molecule has 204 valence electrons. The number of nitrogens with zero attached hydrogens (tertiary/aromatic N) is 2. The summed E-state index contributed by atoms with van der Waals surface area (Å²) in [4.78, 5) is 28.2. The van der Waals surface area contributed by atoms with Crippen molar-refractivity contribution in [3.63, 3.8) is 0 Å². The zero-order chi connectivity index (χ0) is 27.8. The summed E-state index contributed by atoms with van der Waals surface area (Å²) < 4.78 is 31.3. The molecule has 0 unspecified atom stereocenters. The highest BCUT2D eigenvalue weighted by Gasteiger charge is 2.30. The van der Waals surface area contributed by atoms with Gasteiger partial charge in [0.05, 0.1) is 19.1 Å². The molecular weight excluding hydrogens is 514 g/mol. The Kier molecular flexibility index (Phi) is 10.8. The summed E-state index contributed by atoms with van der Waals surface area (Å²) in [6, 6.07) is 13.2. The average Bonchev–Trinajstić information content (AvgIpc) is 2.81. The predicted molar refractivity (Wildman–Crippen MR) is 148 cm³/mol. The molecule has 2 aromatic carbocycles. The van der Waals surface area contributed by atoms with Crippen LogP contribution in [-0.4, -0.2) is 56.6 Å². The van der Waals surface area contributed by atoms with Gasteiger partial charge in [0.15, 0.2) is 0 Å². The number of hydrogen-bond acceptors (Lipinski definition) is 5. The van der Waals surface area contributed by atoms with E-state index in [2.05, 4.69) is 5.32 Å². The van der Waals surface area contributed by atoms with Gasteiger partial charge < -0.3 is 15.0 Å². The molecule has 0 fully saturated rings. The van der Waals surface area contributed by atoms with Crippen molar-refractivity contribution in [2.24, 2.45) is 0 Å². The number of ether oxygens (including phenoxy) is 1. The lowest BCUT2D eigenvalue weighted by atomic mass is 10.0. The Morgan fingerprint density at radius 3 is 2.14 bits per heavy atom. The van der Waals surface area contributed by atoms with E-state index in [4.69, 9.17) is 16.3 Å². The van der Waals surface area contributed by atoms with Crippen LogP contribution >= 0.6 is 11.6 Å². The van der Waals surface area contributed by atoms with Crippen molar-refractivity contribution in [3.8, 4) is 5.75 Å². The molecule has 2 amide bonds. The summed E-state index contributed by atoms with van der Waals surface area (Å²) in [6.07, 6.45) is 1.92. The molecule has 0 aromatic heterocycles. The molecule has 0 radical (unpaired) electrons. The van der Waals surface area contributed by atoms with Crippen LogP contribution in [0, 0.1) is 0 Å². The zero-order valence-electron chi connectivity index (χ0n) is 22.5. The minimum absolute atomic E-state index is 0.0784. The number of anilines is 1. The minimum Gasteiger partial charge on any atom is -0.497 e. The highest BCUT2D eigenvalue weighted by atomic mass is 35.5. The van der Waals surface area contributed by atoms with Crippen LogP contribution in [0.15, 0.2) is 48.5 Å². The quantitative estimate of drug-likeness (QED) is 0.415. The monoisotopic (exact) mass is 551 g/mol. The SMILES string of the molecule is CC[C@@H](C(=O)NC(C)(C)C)N(Cc1ccc(OC)cc1)C(=O)CCCN(c1ccc(Cl)cc1)S(C)(=O)=O. The van der Waals surface area contributed by atoms with Crippen molar-refractivity contribution < 1.29 is 22.7 Å². The number of hydrogen-bond donors (Lipinski definition) is 1. The highest BCUT2D eigenvalue weighted by molar-refractivity contribution is 7.92. The van der Waals surface area contributed by atoms with Crippen LogP contribution in [0.1, 0.15) is 52.5 Å². The predicted octanol–water partition coefficient (Wildman–Crippen LogP) is 4.62. The Labute approximate surface area is 226 Å². The molecule has 10 heteroatoms. The Morgan fingerprint density at radius 2 is 1.65 bits per heavy atom. The maximum Gasteiger partial charge on any atom is 0.243 e. The average molecular weight is 552 g/mol. The van der Waals surface area contributed by atoms with E-state index in [1.54, 1.807) is 36.3 Å². The number of carbonyl (C=O) groups excluding carboxylic acids is 2. The molecule has 0 aliphatic heterocycles. The van der Waals surface area contributed by atoms with Crippen LogP contribution in [-0.2, 0) is 26.2 Å². The van der Waals surface area contributed by atoms with Crippen LogP contribution in [0.4, 0.5) is 5.69 Å². The molecule has 0 saturated heterocycles. The number of sulfonamides is 1. The van der Waals surface area contributed by atoms with Crippen molar-refractivity contribution in [2.75, 3.05) is 24.2 Å². The third-order valence-electron chi connectivity index (χ3n) is 5.66. The van der Waals surface area contributed by atoms with Crippen molar-refractivity contribution in [3.05, 3.63) is 59.1 Å². The van der Waals surface area contributed by atoms with Gasteiger partial charge in [0.1, 0.15) is 11.8 Å². The normalized spacial score (nSPS) is 12.5. The first kappa shape index (κ1) is 30.4. The topological polar surface area (TPSA) is 96.0 Å². The molecule has 0 aliphatic carbocycles. The molecular formula is C27H38ClN3O5S. The van der Waals surface area contributed by atoms with Gasteiger partial charge in [0.2, 0.25) is 21.8 Å². The zero-order valence-corrected chi connectivity index (χ0v) is 24.0. The molecule has 0 spiro atoms. The molecule has 2 rings (SSSR count). The first-order valence-corrected chi connectivity index (χ1v) is 14.5. The second-order valence-corrected chi connectivity index (χ2v) is 12.3. The van der Waals surface area contributed by atoms with Crippen molar-refractivity contribution in [1.29, 1.82) is 0 Å². The molecule has 8 nitrogen and oxygen atoms in total. The molecule has 0 saturated carbocycles. The lowest BCUT2D eigenvalue weighted by Crippen LogP contribution is -2.53. The standard InChI is InChI=1S/C27H38ClN3O5S/c1-7-24(26(33)29-27(2,3)4)30(19-20-10-16-23(36-5)17-11-20)25(32)9-8-18-31(37(6,34)35)22-14-12-21(28)13-15-22/h10-17,24H,7-9,18-19H2,1-6H3,(H,29,33)/t24-/m0/s1. The summed E-state index contributed by atoms with van der Waals surface area (Å²) in [6.45, 7) is 7.91. The highest BCUT2D eigenvalue weighted by Crippen LogP contribution is 2.22. The Morgan fingerprint density at radius 1 is 1.05 bits per heavy atom. The number of halogens is 1. The Hall–Kier alpha value is -2.78. The van der Waals surface area contributed by atoms with Gasteiger partial charge in [-0.05, 0) is 75.6 Å². The second kappa shape index (κ2) is 13.1. The summed E-state index contributed by atoms with van der Waals surface area (Å²) in [5, 5.41) is 3.48. The van der Waals surface area contributed by atoms with Gasteiger partial charge in [-0.25, -0.2) is 8.42 Å². The number of methoxy groups -OCH3 is 1. The van der Waals surface area contributed by atoms with Gasteiger partial charge in [-0.1, -0.05) is 30.7 Å². The van der Waals surface area contributed by atoms with Crippen LogP contribution in [0.3, 0.4) is 0 Å². The fourth-order valence-corrected chi connectivity index (χ4v) is 5.00. The third-order valence-corrected chi connectivity index (χ3v) is 7.11. The number of benzene rings is 2. The molecule has 0 aliphatic rings. The largest absolute Gasteiger partial charge is 0.497 e. The number of rotatable bonds is 12. The first-order chi connectivity index (χ1) is 17.2. The summed E-state index contributed by atoms with van der Waals surface area (Å²) in [5.74, 6) is 0.245. The van der Waals surface area contributed by atoms with E-state index >= 15 is 0 Å². The number of amides is 2. The third kappa shape index (κ3) is 9.55. The van der Waals surface area contributed by atoms with Crippen molar-refractivity contribution in [2.45, 2.75) is 65.1 Å². The second-order valence-electron chi connectivity index (χ2n) is 9.95. The van der Waals surface area contributed by atoms with Gasteiger partial charge in [0.25, 0.3) is 0 Å². The van der Waals surface area contributed by atoms with Crippen LogP contribution < -0.4 is 14.4 Å². The van der Waals surface area contributed by atoms with Crippen molar-refractivity contribution in [1.82, 2.24) is 10.2 Å². The minimum atomic E-state index is -3.57. The molecule has 37 heavy (non-hydrogen) atoms. The molecule has 1 atom stereocenters. The first-order valence-electron chi connectivity index (χ1n) is 12.2. The smallest absolute Gasteiger partial charge is 0.243 e. The summed E-state index contributed by atoms with van der Waals surface area (Å²) >= 11 is 5.95. The van der Waals surface area contributed by atoms with Crippen LogP contribution in [0.25, 0.3) is 0 Å². The van der Waals surface area contributed by atoms with E-state index in [-0.39, 0.29) is 37.7 Å². The summed E-state index contributed by atoms with van der Waals surface area (Å²) in [5.41, 5.74) is 0.883. The van der Waals surface area contributed by atoms with E-state index in [0.29, 0.717) is 22.9 Å². The van der Waals surface area contributed by atoms with Gasteiger partial charge in [-0.15, -0.1) is 0 Å².